The van der Waals surface area contributed by atoms with Gasteiger partial charge in [-0.15, -0.1) is 0 Å². The molecule has 55 heavy (non-hydrogen) atoms. The van der Waals surface area contributed by atoms with Crippen molar-refractivity contribution in [3.8, 4) is 55.6 Å². The summed E-state index contributed by atoms with van der Waals surface area (Å²) in [5, 5.41) is 9.68. The molecule has 0 aliphatic heterocycles. The van der Waals surface area contributed by atoms with Crippen LogP contribution in [0.5, 0.6) is 0 Å². The summed E-state index contributed by atoms with van der Waals surface area (Å²) in [6.45, 7) is 0. The summed E-state index contributed by atoms with van der Waals surface area (Å²) in [5.41, 5.74) is 13.9. The number of benzene rings is 10. The standard InChI is InChI=1S/C54H34O/c1-4-15-35(16-5-1)46-31-38-21-10-11-22-39(38)32-47(46)41-28-30-44-43-29-27-40(42-24-14-26-51-54(42)45-23-12-13-25-50(45)55-51)33-48(43)52(36-17-6-2-7-18-36)53(49(44)34-41)37-19-8-3-9-20-37/h1-34H. The van der Waals surface area contributed by atoms with Gasteiger partial charge in [0.25, 0.3) is 0 Å². The molecule has 1 nitrogen and oxygen atoms in total. The fraction of sp³-hybridized carbons (Fsp3) is 0. The van der Waals surface area contributed by atoms with Gasteiger partial charge in [0.05, 0.1) is 0 Å². The number of furan rings is 1. The number of hydrogen-bond acceptors (Lipinski definition) is 1. The SMILES string of the molecule is c1ccc(-c2cc3ccccc3cc2-c2ccc3c(c2)c(-c2ccccc2)c(-c2ccccc2)c2cc(-c4cccc5oc6ccccc6c45)ccc23)cc1. The summed E-state index contributed by atoms with van der Waals surface area (Å²) in [5.74, 6) is 0. The summed E-state index contributed by atoms with van der Waals surface area (Å²) in [6.07, 6.45) is 0. The second kappa shape index (κ2) is 12.7. The molecule has 0 spiro atoms. The van der Waals surface area contributed by atoms with Gasteiger partial charge in [0.2, 0.25) is 0 Å². The van der Waals surface area contributed by atoms with E-state index >= 15 is 0 Å². The van der Waals surface area contributed by atoms with E-state index in [4.69, 9.17) is 4.42 Å². The van der Waals surface area contributed by atoms with Crippen LogP contribution in [0.2, 0.25) is 0 Å². The third-order valence-electron chi connectivity index (χ3n) is 11.2. The van der Waals surface area contributed by atoms with Crippen molar-refractivity contribution in [1.29, 1.82) is 0 Å². The lowest BCUT2D eigenvalue weighted by Crippen LogP contribution is -1.94. The molecule has 11 rings (SSSR count). The Morgan fingerprint density at radius 1 is 0.255 bits per heavy atom. The minimum atomic E-state index is 0.904. The van der Waals surface area contributed by atoms with Gasteiger partial charge in [-0.2, -0.15) is 0 Å². The van der Waals surface area contributed by atoms with Crippen LogP contribution in [0, 0.1) is 0 Å². The first-order chi connectivity index (χ1) is 27.3. The Hall–Kier alpha value is -7.22. The zero-order chi connectivity index (χ0) is 36.3. The van der Waals surface area contributed by atoms with Gasteiger partial charge in [-0.1, -0.05) is 170 Å². The van der Waals surface area contributed by atoms with Crippen LogP contribution in [-0.4, -0.2) is 0 Å². The van der Waals surface area contributed by atoms with Crippen molar-refractivity contribution in [1.82, 2.24) is 0 Å². The number of fused-ring (bicyclic) bond motifs is 7. The van der Waals surface area contributed by atoms with Crippen molar-refractivity contribution >= 4 is 54.3 Å². The van der Waals surface area contributed by atoms with E-state index in [1.807, 2.05) is 6.07 Å². The van der Waals surface area contributed by atoms with Crippen LogP contribution < -0.4 is 0 Å². The molecule has 0 bridgehead atoms. The van der Waals surface area contributed by atoms with Gasteiger partial charge in [0.15, 0.2) is 0 Å². The van der Waals surface area contributed by atoms with E-state index in [1.54, 1.807) is 0 Å². The maximum Gasteiger partial charge on any atom is 0.136 e. The summed E-state index contributed by atoms with van der Waals surface area (Å²) in [6, 6.07) is 74.9. The van der Waals surface area contributed by atoms with Crippen molar-refractivity contribution in [3.05, 3.63) is 206 Å². The molecule has 0 saturated heterocycles. The Morgan fingerprint density at radius 2 is 0.727 bits per heavy atom. The molecule has 0 aliphatic carbocycles. The minimum absolute atomic E-state index is 0.904. The van der Waals surface area contributed by atoms with E-state index in [1.165, 1.54) is 88.0 Å². The fourth-order valence-corrected chi connectivity index (χ4v) is 8.74. The lowest BCUT2D eigenvalue weighted by atomic mass is 9.82. The lowest BCUT2D eigenvalue weighted by Gasteiger charge is -2.21. The molecule has 1 heteroatoms. The molecule has 0 aliphatic rings. The highest BCUT2D eigenvalue weighted by molar-refractivity contribution is 6.23. The average Bonchev–Trinajstić information content (AvgIpc) is 3.65. The van der Waals surface area contributed by atoms with Gasteiger partial charge >= 0.3 is 0 Å². The zero-order valence-electron chi connectivity index (χ0n) is 30.0. The highest BCUT2D eigenvalue weighted by atomic mass is 16.3. The Labute approximate surface area is 319 Å². The summed E-state index contributed by atoms with van der Waals surface area (Å²) in [4.78, 5) is 0. The number of para-hydroxylation sites is 1. The molecule has 11 aromatic rings. The second-order valence-electron chi connectivity index (χ2n) is 14.4. The number of hydrogen-bond donors (Lipinski definition) is 0. The first kappa shape index (κ1) is 31.3. The molecule has 0 radical (unpaired) electrons. The van der Waals surface area contributed by atoms with Crippen molar-refractivity contribution in [2.75, 3.05) is 0 Å². The molecule has 1 aromatic heterocycles. The van der Waals surface area contributed by atoms with Crippen LogP contribution >= 0.6 is 0 Å². The van der Waals surface area contributed by atoms with Crippen LogP contribution in [0.3, 0.4) is 0 Å². The van der Waals surface area contributed by atoms with Crippen molar-refractivity contribution in [3.63, 3.8) is 0 Å². The Kier molecular flexibility index (Phi) is 7.25. The predicted molar refractivity (Wildman–Crippen MR) is 233 cm³/mol. The maximum atomic E-state index is 6.34. The molecule has 1 heterocycles. The van der Waals surface area contributed by atoms with E-state index in [-0.39, 0.29) is 0 Å². The van der Waals surface area contributed by atoms with E-state index in [0.29, 0.717) is 0 Å². The van der Waals surface area contributed by atoms with Crippen LogP contribution in [0.4, 0.5) is 0 Å². The molecular weight excluding hydrogens is 665 g/mol. The summed E-state index contributed by atoms with van der Waals surface area (Å²) < 4.78 is 6.34. The van der Waals surface area contributed by atoms with Gasteiger partial charge < -0.3 is 4.42 Å². The largest absolute Gasteiger partial charge is 0.456 e. The van der Waals surface area contributed by atoms with Crippen LogP contribution in [-0.2, 0) is 0 Å². The van der Waals surface area contributed by atoms with Gasteiger partial charge in [-0.05, 0) is 124 Å². The molecule has 10 aromatic carbocycles. The molecule has 0 N–H and O–H groups in total. The highest BCUT2D eigenvalue weighted by Gasteiger charge is 2.21. The number of rotatable bonds is 5. The Morgan fingerprint density at radius 3 is 1.33 bits per heavy atom. The van der Waals surface area contributed by atoms with Crippen LogP contribution in [0.15, 0.2) is 211 Å². The third-order valence-corrected chi connectivity index (χ3v) is 11.2. The third kappa shape index (κ3) is 5.16. The summed E-state index contributed by atoms with van der Waals surface area (Å²) in [7, 11) is 0. The van der Waals surface area contributed by atoms with E-state index in [0.717, 1.165) is 21.9 Å². The first-order valence-electron chi connectivity index (χ1n) is 18.9. The van der Waals surface area contributed by atoms with Gasteiger partial charge in [-0.25, -0.2) is 0 Å². The van der Waals surface area contributed by atoms with E-state index in [2.05, 4.69) is 200 Å². The molecule has 0 amide bonds. The van der Waals surface area contributed by atoms with Gasteiger partial charge in [0.1, 0.15) is 11.2 Å². The first-order valence-corrected chi connectivity index (χ1v) is 18.9. The van der Waals surface area contributed by atoms with Crippen molar-refractivity contribution in [2.24, 2.45) is 0 Å². The topological polar surface area (TPSA) is 13.1 Å². The Bertz CT molecular complexity index is 3230. The zero-order valence-corrected chi connectivity index (χ0v) is 30.0. The van der Waals surface area contributed by atoms with Crippen LogP contribution in [0.25, 0.3) is 110 Å². The molecule has 0 saturated carbocycles. The van der Waals surface area contributed by atoms with Gasteiger partial charge in [-0.3, -0.25) is 0 Å². The van der Waals surface area contributed by atoms with Crippen LogP contribution in [0.1, 0.15) is 0 Å². The smallest absolute Gasteiger partial charge is 0.136 e. The maximum absolute atomic E-state index is 6.34. The fourth-order valence-electron chi connectivity index (χ4n) is 8.74. The van der Waals surface area contributed by atoms with E-state index < -0.39 is 0 Å². The average molecular weight is 699 g/mol. The van der Waals surface area contributed by atoms with Crippen molar-refractivity contribution < 1.29 is 4.42 Å². The molecule has 256 valence electrons. The normalized spacial score (nSPS) is 11.6. The minimum Gasteiger partial charge on any atom is -0.456 e. The lowest BCUT2D eigenvalue weighted by molar-refractivity contribution is 0.669. The quantitative estimate of drug-likeness (QED) is 0.163. The molecule has 0 fully saturated rings. The van der Waals surface area contributed by atoms with Gasteiger partial charge in [0, 0.05) is 10.8 Å². The molecular formula is C54H34O. The second-order valence-corrected chi connectivity index (χ2v) is 14.4. The molecule has 0 atom stereocenters. The Balaban J connectivity index is 1.24. The molecule has 0 unspecified atom stereocenters. The van der Waals surface area contributed by atoms with E-state index in [9.17, 15) is 0 Å². The predicted octanol–water partition coefficient (Wildman–Crippen LogP) is 15.4. The summed E-state index contributed by atoms with van der Waals surface area (Å²) >= 11 is 0. The van der Waals surface area contributed by atoms with Crippen molar-refractivity contribution in [2.45, 2.75) is 0 Å². The monoisotopic (exact) mass is 698 g/mol. The highest BCUT2D eigenvalue weighted by Crippen LogP contribution is 2.48.